The number of aromatic nitrogens is 2. The van der Waals surface area contributed by atoms with Crippen molar-refractivity contribution >= 4 is 29.3 Å². The lowest BCUT2D eigenvalue weighted by molar-refractivity contribution is -0.142. The number of hydrogen-bond acceptors (Lipinski definition) is 10. The maximum Gasteiger partial charge on any atom is 0.319 e. The van der Waals surface area contributed by atoms with Crippen LogP contribution in [0.1, 0.15) is 37.8 Å². The van der Waals surface area contributed by atoms with Gasteiger partial charge in [0.1, 0.15) is 0 Å². The fourth-order valence-corrected chi connectivity index (χ4v) is 7.00. The molecule has 0 spiro atoms. The van der Waals surface area contributed by atoms with Crippen LogP contribution in [0.4, 0.5) is 22.1 Å². The van der Waals surface area contributed by atoms with Crippen molar-refractivity contribution in [3.63, 3.8) is 0 Å². The number of nitrogens with one attached hydrogen (secondary N) is 2. The monoisotopic (exact) mass is 684 g/mol. The maximum absolute atomic E-state index is 12.5. The third-order valence-corrected chi connectivity index (χ3v) is 9.99. The molecule has 2 aromatic carbocycles. The van der Waals surface area contributed by atoms with Crippen molar-refractivity contribution in [2.75, 3.05) is 82.8 Å². The van der Waals surface area contributed by atoms with Crippen LogP contribution in [-0.4, -0.2) is 121 Å². The van der Waals surface area contributed by atoms with Crippen molar-refractivity contribution in [3.8, 4) is 11.3 Å². The van der Waals surface area contributed by atoms with Crippen LogP contribution in [0.5, 0.6) is 0 Å². The topological polar surface area (TPSA) is 115 Å². The van der Waals surface area contributed by atoms with Gasteiger partial charge in [-0.15, -0.1) is 0 Å². The van der Waals surface area contributed by atoms with Crippen molar-refractivity contribution in [1.29, 1.82) is 0 Å². The van der Waals surface area contributed by atoms with Crippen LogP contribution in [0.25, 0.3) is 11.3 Å². The van der Waals surface area contributed by atoms with Crippen LogP contribution in [0.3, 0.4) is 0 Å². The summed E-state index contributed by atoms with van der Waals surface area (Å²) in [5, 5.41) is 6.41. The molecule has 12 heteroatoms. The number of aryl methyl sites for hydroxylation is 1. The Morgan fingerprint density at radius 3 is 2.36 bits per heavy atom. The molecule has 3 aliphatic rings. The summed E-state index contributed by atoms with van der Waals surface area (Å²) in [5.41, 5.74) is 6.16. The summed E-state index contributed by atoms with van der Waals surface area (Å²) in [7, 11) is 1.46. The lowest BCUT2D eigenvalue weighted by atomic mass is 9.96. The zero-order valence-electron chi connectivity index (χ0n) is 29.9. The first-order chi connectivity index (χ1) is 24.2. The van der Waals surface area contributed by atoms with Crippen molar-refractivity contribution in [2.24, 2.45) is 5.92 Å². The molecule has 3 saturated heterocycles. The number of urea groups is 1. The molecule has 50 heavy (non-hydrogen) atoms. The normalized spacial score (nSPS) is 17.9. The second-order valence-corrected chi connectivity index (χ2v) is 14.0. The number of esters is 1. The third-order valence-electron chi connectivity index (χ3n) is 9.99. The summed E-state index contributed by atoms with van der Waals surface area (Å²) in [5.74, 6) is 1.09. The van der Waals surface area contributed by atoms with Crippen LogP contribution in [-0.2, 0) is 20.8 Å². The molecular weight excluding hydrogens is 632 g/mol. The van der Waals surface area contributed by atoms with Gasteiger partial charge >= 0.3 is 12.0 Å². The molecule has 3 aromatic rings. The first kappa shape index (κ1) is 35.6. The molecule has 2 amide bonds. The molecule has 3 fully saturated rings. The van der Waals surface area contributed by atoms with Gasteiger partial charge in [-0.1, -0.05) is 12.1 Å². The average Bonchev–Trinajstić information content (AvgIpc) is 3.10. The Kier molecular flexibility index (Phi) is 11.8. The number of nitrogens with zero attached hydrogens (tertiary/aromatic N) is 6. The van der Waals surface area contributed by atoms with E-state index in [0.717, 1.165) is 86.7 Å². The van der Waals surface area contributed by atoms with E-state index in [1.165, 1.54) is 12.8 Å². The summed E-state index contributed by atoms with van der Waals surface area (Å²) in [4.78, 5) is 42.4. The lowest BCUT2D eigenvalue weighted by Crippen LogP contribution is -2.58. The van der Waals surface area contributed by atoms with E-state index in [0.29, 0.717) is 38.0 Å². The van der Waals surface area contributed by atoms with Gasteiger partial charge in [0.15, 0.2) is 0 Å². The van der Waals surface area contributed by atoms with Gasteiger partial charge in [0.05, 0.1) is 44.6 Å². The fraction of sp³-hybridized carbons (Fsp3) is 0.526. The van der Waals surface area contributed by atoms with Gasteiger partial charge in [0.25, 0.3) is 0 Å². The second-order valence-electron chi connectivity index (χ2n) is 14.0. The number of carbonyl (C=O) groups excluding carboxylic acids is 2. The van der Waals surface area contributed by atoms with Crippen LogP contribution in [0.15, 0.2) is 54.7 Å². The molecule has 0 atom stereocenters. The highest BCUT2D eigenvalue weighted by molar-refractivity contribution is 5.75. The molecule has 4 heterocycles. The van der Waals surface area contributed by atoms with E-state index in [9.17, 15) is 9.59 Å². The smallest absolute Gasteiger partial charge is 0.319 e. The zero-order valence-corrected chi connectivity index (χ0v) is 29.9. The summed E-state index contributed by atoms with van der Waals surface area (Å²) in [6, 6.07) is 16.6. The molecule has 2 N–H and O–H groups in total. The molecular formula is C38H52N8O4. The number of ether oxygens (including phenoxy) is 2. The SMILES string of the molecule is COC(=O)CN1CCC(CN2CCN(c3ccc(Nc4nccc(-c5ccc(CNC(=O)N6CC(OC(C)C)C6)c(C)c5)n4)cc3)CC2)CC1. The number of piperidine rings is 1. The zero-order chi connectivity index (χ0) is 35.0. The van der Waals surface area contributed by atoms with Crippen LogP contribution in [0.2, 0.25) is 0 Å². The number of methoxy groups -OCH3 is 1. The molecule has 0 saturated carbocycles. The molecule has 1 aromatic heterocycles. The van der Waals surface area contributed by atoms with E-state index < -0.39 is 0 Å². The fourth-order valence-electron chi connectivity index (χ4n) is 7.00. The van der Waals surface area contributed by atoms with Crippen molar-refractivity contribution in [2.45, 2.75) is 52.4 Å². The summed E-state index contributed by atoms with van der Waals surface area (Å²) < 4.78 is 10.6. The minimum Gasteiger partial charge on any atom is -0.468 e. The molecule has 268 valence electrons. The largest absolute Gasteiger partial charge is 0.468 e. The highest BCUT2D eigenvalue weighted by Gasteiger charge is 2.32. The minimum absolute atomic E-state index is 0.0580. The number of benzene rings is 2. The molecule has 0 bridgehead atoms. The van der Waals surface area contributed by atoms with E-state index in [4.69, 9.17) is 14.5 Å². The van der Waals surface area contributed by atoms with Gasteiger partial charge < -0.3 is 29.9 Å². The van der Waals surface area contributed by atoms with Crippen LogP contribution >= 0.6 is 0 Å². The Bertz CT molecular complexity index is 1580. The van der Waals surface area contributed by atoms with E-state index in [2.05, 4.69) is 73.6 Å². The van der Waals surface area contributed by atoms with E-state index in [1.54, 1.807) is 11.1 Å². The number of anilines is 3. The van der Waals surface area contributed by atoms with Gasteiger partial charge in [-0.3, -0.25) is 14.6 Å². The predicted molar refractivity (Wildman–Crippen MR) is 196 cm³/mol. The van der Waals surface area contributed by atoms with Gasteiger partial charge in [-0.2, -0.15) is 0 Å². The second kappa shape index (κ2) is 16.6. The average molecular weight is 685 g/mol. The van der Waals surface area contributed by atoms with Crippen molar-refractivity contribution in [3.05, 3.63) is 65.9 Å². The Morgan fingerprint density at radius 1 is 0.940 bits per heavy atom. The Morgan fingerprint density at radius 2 is 1.68 bits per heavy atom. The summed E-state index contributed by atoms with van der Waals surface area (Å²) in [6.45, 7) is 15.5. The molecule has 0 radical (unpaired) electrons. The standard InChI is InChI=1S/C38H52N8O4/c1-27(2)50-34-24-46(25-34)38(48)40-22-31-6-5-30(21-28(31)3)35-11-14-39-37(42-35)41-32-7-9-33(10-8-32)45-19-17-44(18-20-45)23-29-12-15-43(16-13-29)26-36(47)49-4/h5-11,14,21,27,29,34H,12-13,15-20,22-26H2,1-4H3,(H,40,48)(H,39,41,42). The maximum atomic E-state index is 12.5. The molecule has 0 aliphatic carbocycles. The number of carbonyl (C=O) groups is 2. The Balaban J connectivity index is 0.946. The minimum atomic E-state index is -0.145. The Hall–Kier alpha value is -4.26. The van der Waals surface area contributed by atoms with Crippen molar-refractivity contribution in [1.82, 2.24) is 30.0 Å². The number of hydrogen-bond donors (Lipinski definition) is 2. The molecule has 3 aliphatic heterocycles. The molecule has 12 nitrogen and oxygen atoms in total. The number of rotatable bonds is 12. The van der Waals surface area contributed by atoms with E-state index in [-0.39, 0.29) is 24.2 Å². The van der Waals surface area contributed by atoms with Crippen LogP contribution < -0.4 is 15.5 Å². The molecule has 6 rings (SSSR count). The van der Waals surface area contributed by atoms with Crippen molar-refractivity contribution < 1.29 is 19.1 Å². The van der Waals surface area contributed by atoms with Gasteiger partial charge in [0, 0.05) is 62.4 Å². The number of likely N-dealkylation sites (tertiary alicyclic amines) is 2. The highest BCUT2D eigenvalue weighted by atomic mass is 16.5. The predicted octanol–water partition coefficient (Wildman–Crippen LogP) is 4.52. The number of amides is 2. The Labute approximate surface area is 296 Å². The number of piperazine rings is 1. The van der Waals surface area contributed by atoms with E-state index in [1.807, 2.05) is 26.0 Å². The van der Waals surface area contributed by atoms with Gasteiger partial charge in [0.2, 0.25) is 5.95 Å². The van der Waals surface area contributed by atoms with Gasteiger partial charge in [-0.25, -0.2) is 14.8 Å². The molecule has 0 unspecified atom stereocenters. The third kappa shape index (κ3) is 9.49. The first-order valence-electron chi connectivity index (χ1n) is 18.0. The quantitative estimate of drug-likeness (QED) is 0.264. The first-order valence-corrected chi connectivity index (χ1v) is 18.0. The lowest BCUT2D eigenvalue weighted by Gasteiger charge is -2.39. The van der Waals surface area contributed by atoms with E-state index >= 15 is 0 Å². The summed E-state index contributed by atoms with van der Waals surface area (Å²) >= 11 is 0. The van der Waals surface area contributed by atoms with Gasteiger partial charge in [-0.05, 0) is 100 Å². The highest BCUT2D eigenvalue weighted by Crippen LogP contribution is 2.25. The van der Waals surface area contributed by atoms with Crippen LogP contribution in [0, 0.1) is 12.8 Å². The summed E-state index contributed by atoms with van der Waals surface area (Å²) in [6.07, 6.45) is 4.36.